The first-order chi connectivity index (χ1) is 16.1. The number of amidine groups is 1. The van der Waals surface area contributed by atoms with Crippen LogP contribution in [-0.2, 0) is 11.3 Å². The van der Waals surface area contributed by atoms with E-state index in [4.69, 9.17) is 14.1 Å². The standard InChI is InChI=1S/C26H27N3O3S/c1-4-28(5-2)21-14-13-19(23(17-21)31-3)16-24-25(30)29(18-22-12-9-15-32-22)26(33-24)27-20-10-7-6-8-11-20/h6-17H,4-5,18H2,1-3H3/b24-16-,27-26?. The van der Waals surface area contributed by atoms with E-state index in [1.807, 2.05) is 60.7 Å². The van der Waals surface area contributed by atoms with Crippen molar-refractivity contribution in [3.05, 3.63) is 83.2 Å². The Balaban J connectivity index is 1.69. The molecule has 1 aromatic heterocycles. The molecule has 6 nitrogen and oxygen atoms in total. The highest BCUT2D eigenvalue weighted by Crippen LogP contribution is 2.37. The Kier molecular flexibility index (Phi) is 7.19. The quantitative estimate of drug-likeness (QED) is 0.389. The number of hydrogen-bond donors (Lipinski definition) is 0. The molecule has 0 N–H and O–H groups in total. The van der Waals surface area contributed by atoms with Gasteiger partial charge in [0.05, 0.1) is 30.5 Å². The Morgan fingerprint density at radius 1 is 1.09 bits per heavy atom. The van der Waals surface area contributed by atoms with Crippen LogP contribution >= 0.6 is 11.8 Å². The second-order valence-electron chi connectivity index (χ2n) is 7.41. The summed E-state index contributed by atoms with van der Waals surface area (Å²) in [6, 6.07) is 19.4. The highest BCUT2D eigenvalue weighted by atomic mass is 32.2. The number of para-hydroxylation sites is 1. The highest BCUT2D eigenvalue weighted by molar-refractivity contribution is 8.18. The lowest BCUT2D eigenvalue weighted by Gasteiger charge is -2.22. The van der Waals surface area contributed by atoms with Crippen molar-refractivity contribution in [2.75, 3.05) is 25.1 Å². The third-order valence-corrected chi connectivity index (χ3v) is 6.40. The Morgan fingerprint density at radius 2 is 1.88 bits per heavy atom. The summed E-state index contributed by atoms with van der Waals surface area (Å²) in [7, 11) is 1.65. The lowest BCUT2D eigenvalue weighted by atomic mass is 10.1. The number of nitrogens with zero attached hydrogens (tertiary/aromatic N) is 3. The smallest absolute Gasteiger partial charge is 0.267 e. The number of aliphatic imine (C=N–C) groups is 1. The van der Waals surface area contributed by atoms with E-state index in [1.165, 1.54) is 11.8 Å². The fourth-order valence-electron chi connectivity index (χ4n) is 3.65. The minimum atomic E-state index is -0.110. The van der Waals surface area contributed by atoms with Crippen LogP contribution in [0, 0.1) is 0 Å². The summed E-state index contributed by atoms with van der Waals surface area (Å²) >= 11 is 1.36. The van der Waals surface area contributed by atoms with Gasteiger partial charge in [-0.05, 0) is 68.1 Å². The normalized spacial score (nSPS) is 16.1. The zero-order valence-electron chi connectivity index (χ0n) is 19.0. The van der Waals surface area contributed by atoms with E-state index >= 15 is 0 Å². The molecule has 1 saturated heterocycles. The molecule has 1 aliphatic rings. The third kappa shape index (κ3) is 5.14. The molecule has 2 aromatic carbocycles. The van der Waals surface area contributed by atoms with Crippen LogP contribution in [0.3, 0.4) is 0 Å². The summed E-state index contributed by atoms with van der Waals surface area (Å²) in [5, 5.41) is 0.618. The van der Waals surface area contributed by atoms with Gasteiger partial charge in [-0.3, -0.25) is 9.69 Å². The van der Waals surface area contributed by atoms with Gasteiger partial charge in [0.1, 0.15) is 11.5 Å². The van der Waals surface area contributed by atoms with E-state index < -0.39 is 0 Å². The Hall–Kier alpha value is -3.45. The molecule has 0 radical (unpaired) electrons. The second-order valence-corrected chi connectivity index (χ2v) is 8.42. The monoisotopic (exact) mass is 461 g/mol. The van der Waals surface area contributed by atoms with Crippen LogP contribution in [0.4, 0.5) is 11.4 Å². The summed E-state index contributed by atoms with van der Waals surface area (Å²) < 4.78 is 11.1. The first kappa shape index (κ1) is 22.7. The lowest BCUT2D eigenvalue weighted by molar-refractivity contribution is -0.122. The molecule has 33 heavy (non-hydrogen) atoms. The van der Waals surface area contributed by atoms with E-state index in [0.29, 0.717) is 22.4 Å². The van der Waals surface area contributed by atoms with Gasteiger partial charge in [0, 0.05) is 30.4 Å². The summed E-state index contributed by atoms with van der Waals surface area (Å²) in [5.41, 5.74) is 2.73. The van der Waals surface area contributed by atoms with Crippen LogP contribution in [0.2, 0.25) is 0 Å². The van der Waals surface area contributed by atoms with E-state index in [2.05, 4.69) is 24.8 Å². The maximum atomic E-state index is 13.4. The second kappa shape index (κ2) is 10.4. The first-order valence-corrected chi connectivity index (χ1v) is 11.7. The van der Waals surface area contributed by atoms with Crippen LogP contribution in [-0.4, -0.2) is 36.2 Å². The van der Waals surface area contributed by atoms with Crippen molar-refractivity contribution in [3.63, 3.8) is 0 Å². The molecule has 0 unspecified atom stereocenters. The minimum Gasteiger partial charge on any atom is -0.496 e. The number of benzene rings is 2. The van der Waals surface area contributed by atoms with Crippen molar-refractivity contribution >= 4 is 40.3 Å². The fraction of sp³-hybridized carbons (Fsp3) is 0.231. The van der Waals surface area contributed by atoms with Crippen LogP contribution in [0.1, 0.15) is 25.2 Å². The highest BCUT2D eigenvalue weighted by Gasteiger charge is 2.34. The van der Waals surface area contributed by atoms with Crippen molar-refractivity contribution in [2.45, 2.75) is 20.4 Å². The van der Waals surface area contributed by atoms with Gasteiger partial charge in [-0.25, -0.2) is 4.99 Å². The topological polar surface area (TPSA) is 58.3 Å². The van der Waals surface area contributed by atoms with Crippen molar-refractivity contribution in [2.24, 2.45) is 4.99 Å². The zero-order valence-corrected chi connectivity index (χ0v) is 19.8. The molecule has 7 heteroatoms. The SMILES string of the molecule is CCN(CC)c1ccc(/C=C2\SC(=Nc3ccccc3)N(Cc3ccco3)C2=O)c(OC)c1. The van der Waals surface area contributed by atoms with Gasteiger partial charge in [0.2, 0.25) is 0 Å². The number of rotatable bonds is 8. The van der Waals surface area contributed by atoms with Crippen molar-refractivity contribution in [1.82, 2.24) is 4.90 Å². The molecule has 4 rings (SSSR count). The van der Waals surface area contributed by atoms with Crippen LogP contribution in [0.15, 0.2) is 81.2 Å². The molecule has 2 heterocycles. The van der Waals surface area contributed by atoms with Crippen LogP contribution in [0.5, 0.6) is 5.75 Å². The Labute approximate surface area is 198 Å². The fourth-order valence-corrected chi connectivity index (χ4v) is 4.64. The van der Waals surface area contributed by atoms with Gasteiger partial charge in [0.25, 0.3) is 5.91 Å². The number of ether oxygens (including phenoxy) is 1. The van der Waals surface area contributed by atoms with E-state index in [1.54, 1.807) is 18.3 Å². The van der Waals surface area contributed by atoms with Gasteiger partial charge < -0.3 is 14.1 Å². The Morgan fingerprint density at radius 3 is 2.55 bits per heavy atom. The van der Waals surface area contributed by atoms with E-state index in [9.17, 15) is 4.79 Å². The predicted molar refractivity (Wildman–Crippen MR) is 135 cm³/mol. The number of carbonyl (C=O) groups excluding carboxylic acids is 1. The number of anilines is 1. The van der Waals surface area contributed by atoms with Gasteiger partial charge in [-0.2, -0.15) is 0 Å². The van der Waals surface area contributed by atoms with E-state index in [0.717, 1.165) is 35.8 Å². The summed E-state index contributed by atoms with van der Waals surface area (Å²) in [6.45, 7) is 6.40. The molecule has 0 saturated carbocycles. The van der Waals surface area contributed by atoms with Crippen LogP contribution < -0.4 is 9.64 Å². The molecule has 3 aromatic rings. The lowest BCUT2D eigenvalue weighted by Crippen LogP contribution is -2.28. The van der Waals surface area contributed by atoms with E-state index in [-0.39, 0.29) is 5.91 Å². The third-order valence-electron chi connectivity index (χ3n) is 5.40. The van der Waals surface area contributed by atoms with Gasteiger partial charge in [-0.15, -0.1) is 0 Å². The molecular weight excluding hydrogens is 434 g/mol. The summed E-state index contributed by atoms with van der Waals surface area (Å²) in [6.07, 6.45) is 3.48. The largest absolute Gasteiger partial charge is 0.496 e. The molecule has 0 bridgehead atoms. The average Bonchev–Trinajstić information content (AvgIpc) is 3.45. The molecule has 1 aliphatic heterocycles. The number of carbonyl (C=O) groups is 1. The zero-order chi connectivity index (χ0) is 23.2. The number of thioether (sulfide) groups is 1. The number of amides is 1. The first-order valence-electron chi connectivity index (χ1n) is 10.9. The number of methoxy groups -OCH3 is 1. The van der Waals surface area contributed by atoms with Crippen molar-refractivity contribution < 1.29 is 13.9 Å². The molecule has 1 amide bonds. The van der Waals surface area contributed by atoms with Crippen LogP contribution in [0.25, 0.3) is 6.08 Å². The Bertz CT molecular complexity index is 1150. The number of furan rings is 1. The van der Waals surface area contributed by atoms with Gasteiger partial charge in [-0.1, -0.05) is 18.2 Å². The van der Waals surface area contributed by atoms with Gasteiger partial charge in [0.15, 0.2) is 5.17 Å². The number of hydrogen-bond acceptors (Lipinski definition) is 6. The molecule has 170 valence electrons. The maximum absolute atomic E-state index is 13.4. The van der Waals surface area contributed by atoms with Crippen molar-refractivity contribution in [3.8, 4) is 5.75 Å². The molecular formula is C26H27N3O3S. The molecule has 0 spiro atoms. The summed E-state index contributed by atoms with van der Waals surface area (Å²) in [5.74, 6) is 1.32. The summed E-state index contributed by atoms with van der Waals surface area (Å²) in [4.78, 5) is 22.6. The predicted octanol–water partition coefficient (Wildman–Crippen LogP) is 5.94. The molecule has 1 fully saturated rings. The molecule has 0 atom stereocenters. The van der Waals surface area contributed by atoms with Crippen molar-refractivity contribution in [1.29, 1.82) is 0 Å². The molecule has 0 aliphatic carbocycles. The van der Waals surface area contributed by atoms with Gasteiger partial charge >= 0.3 is 0 Å². The maximum Gasteiger partial charge on any atom is 0.267 e. The minimum absolute atomic E-state index is 0.110. The average molecular weight is 462 g/mol.